The molecule has 0 aliphatic carbocycles. The molecule has 1 aromatic heterocycles. The van der Waals surface area contributed by atoms with E-state index in [0.29, 0.717) is 28.9 Å². The molecule has 1 aliphatic rings. The van der Waals surface area contributed by atoms with Crippen LogP contribution in [0.4, 0.5) is 5.13 Å². The summed E-state index contributed by atoms with van der Waals surface area (Å²) in [6.45, 7) is 2.04. The Morgan fingerprint density at radius 2 is 2.13 bits per heavy atom. The molecule has 3 rings (SSSR count). The lowest BCUT2D eigenvalue weighted by Gasteiger charge is -2.05. The maximum absolute atomic E-state index is 12.0. The highest BCUT2D eigenvalue weighted by Gasteiger charge is 2.14. The average molecular weight is 333 g/mol. The van der Waals surface area contributed by atoms with E-state index in [2.05, 4.69) is 15.6 Å². The summed E-state index contributed by atoms with van der Waals surface area (Å²) in [5.41, 5.74) is 1.56. The van der Waals surface area contributed by atoms with Gasteiger partial charge in [0.25, 0.3) is 0 Å². The van der Waals surface area contributed by atoms with E-state index in [1.807, 2.05) is 18.2 Å². The first-order chi connectivity index (χ1) is 11.1. The maximum Gasteiger partial charge on any atom is 0.231 e. The molecule has 7 nitrogen and oxygen atoms in total. The van der Waals surface area contributed by atoms with E-state index in [4.69, 9.17) is 9.47 Å². The van der Waals surface area contributed by atoms with E-state index >= 15 is 0 Å². The minimum absolute atomic E-state index is 0.137. The van der Waals surface area contributed by atoms with Crippen molar-refractivity contribution in [3.05, 3.63) is 34.8 Å². The number of thiazole rings is 1. The van der Waals surface area contributed by atoms with Crippen LogP contribution in [0.3, 0.4) is 0 Å². The molecule has 0 spiro atoms. The SMILES string of the molecule is CC(=O)Nc1nc(CC(=O)NCc2ccc3c(c2)OCO3)cs1. The zero-order chi connectivity index (χ0) is 16.2. The molecule has 2 N–H and O–H groups in total. The highest BCUT2D eigenvalue weighted by atomic mass is 32.1. The lowest BCUT2D eigenvalue weighted by molar-refractivity contribution is -0.120. The lowest BCUT2D eigenvalue weighted by Crippen LogP contribution is -2.24. The molecular weight excluding hydrogens is 318 g/mol. The van der Waals surface area contributed by atoms with Gasteiger partial charge >= 0.3 is 0 Å². The van der Waals surface area contributed by atoms with E-state index < -0.39 is 0 Å². The fourth-order valence-corrected chi connectivity index (χ4v) is 2.83. The fourth-order valence-electron chi connectivity index (χ4n) is 2.07. The molecule has 1 aliphatic heterocycles. The Kier molecular flexibility index (Phi) is 4.42. The summed E-state index contributed by atoms with van der Waals surface area (Å²) in [6.07, 6.45) is 0.167. The average Bonchev–Trinajstić information content (AvgIpc) is 3.13. The Hall–Kier alpha value is -2.61. The van der Waals surface area contributed by atoms with Gasteiger partial charge < -0.3 is 20.1 Å². The quantitative estimate of drug-likeness (QED) is 0.869. The van der Waals surface area contributed by atoms with E-state index in [1.54, 1.807) is 5.38 Å². The van der Waals surface area contributed by atoms with Crippen LogP contribution in [0.5, 0.6) is 11.5 Å². The number of hydrogen-bond acceptors (Lipinski definition) is 6. The molecule has 120 valence electrons. The number of carbonyl (C=O) groups is 2. The Morgan fingerprint density at radius 1 is 1.30 bits per heavy atom. The van der Waals surface area contributed by atoms with Crippen molar-refractivity contribution in [2.75, 3.05) is 12.1 Å². The molecule has 2 amide bonds. The second kappa shape index (κ2) is 6.66. The molecule has 0 fully saturated rings. The van der Waals surface area contributed by atoms with Gasteiger partial charge in [-0.3, -0.25) is 9.59 Å². The van der Waals surface area contributed by atoms with Crippen LogP contribution in [-0.4, -0.2) is 23.6 Å². The predicted molar refractivity (Wildman–Crippen MR) is 84.5 cm³/mol. The van der Waals surface area contributed by atoms with Crippen LogP contribution in [-0.2, 0) is 22.6 Å². The highest BCUT2D eigenvalue weighted by molar-refractivity contribution is 7.13. The van der Waals surface area contributed by atoms with Crippen molar-refractivity contribution in [1.82, 2.24) is 10.3 Å². The van der Waals surface area contributed by atoms with Gasteiger partial charge in [-0.25, -0.2) is 4.98 Å². The number of rotatable bonds is 5. The normalized spacial score (nSPS) is 12.0. The zero-order valence-electron chi connectivity index (χ0n) is 12.4. The van der Waals surface area contributed by atoms with E-state index in [9.17, 15) is 9.59 Å². The number of benzene rings is 1. The number of nitrogens with one attached hydrogen (secondary N) is 2. The smallest absolute Gasteiger partial charge is 0.231 e. The third-order valence-corrected chi connectivity index (χ3v) is 3.91. The summed E-state index contributed by atoms with van der Waals surface area (Å²) < 4.78 is 10.5. The summed E-state index contributed by atoms with van der Waals surface area (Å²) in [5, 5.41) is 7.67. The Labute approximate surface area is 136 Å². The molecule has 0 unspecified atom stereocenters. The molecule has 23 heavy (non-hydrogen) atoms. The largest absolute Gasteiger partial charge is 0.454 e. The van der Waals surface area contributed by atoms with Crippen LogP contribution in [0, 0.1) is 0 Å². The molecule has 0 atom stereocenters. The number of fused-ring (bicyclic) bond motifs is 1. The van der Waals surface area contributed by atoms with Gasteiger partial charge in [0, 0.05) is 18.8 Å². The van der Waals surface area contributed by atoms with Gasteiger partial charge in [-0.1, -0.05) is 6.07 Å². The van der Waals surface area contributed by atoms with Gasteiger partial charge in [-0.05, 0) is 17.7 Å². The van der Waals surface area contributed by atoms with Crippen LogP contribution < -0.4 is 20.1 Å². The van der Waals surface area contributed by atoms with Crippen LogP contribution >= 0.6 is 11.3 Å². The van der Waals surface area contributed by atoms with Gasteiger partial charge in [0.15, 0.2) is 16.6 Å². The molecule has 0 bridgehead atoms. The van der Waals surface area contributed by atoms with E-state index in [0.717, 1.165) is 5.56 Å². The standard InChI is InChI=1S/C15H15N3O4S/c1-9(19)17-15-18-11(7-23-15)5-14(20)16-6-10-2-3-12-13(4-10)22-8-21-12/h2-4,7H,5-6,8H2,1H3,(H,16,20)(H,17,18,19). The third-order valence-electron chi connectivity index (χ3n) is 3.10. The lowest BCUT2D eigenvalue weighted by atomic mass is 10.2. The van der Waals surface area contributed by atoms with Crippen molar-refractivity contribution >= 4 is 28.3 Å². The predicted octanol–water partition coefficient (Wildman–Crippen LogP) is 1.69. The molecular formula is C15H15N3O4S. The zero-order valence-corrected chi connectivity index (χ0v) is 13.2. The molecule has 8 heteroatoms. The number of aromatic nitrogens is 1. The van der Waals surface area contributed by atoms with Crippen molar-refractivity contribution < 1.29 is 19.1 Å². The second-order valence-corrected chi connectivity index (χ2v) is 5.82. The topological polar surface area (TPSA) is 89.6 Å². The van der Waals surface area contributed by atoms with Crippen molar-refractivity contribution in [1.29, 1.82) is 0 Å². The molecule has 2 aromatic rings. The summed E-state index contributed by atoms with van der Waals surface area (Å²) in [5.74, 6) is 1.09. The van der Waals surface area contributed by atoms with Crippen LogP contribution in [0.25, 0.3) is 0 Å². The molecule has 2 heterocycles. The summed E-state index contributed by atoms with van der Waals surface area (Å²) in [6, 6.07) is 5.55. The van der Waals surface area contributed by atoms with Gasteiger partial charge in [0.2, 0.25) is 18.6 Å². The Balaban J connectivity index is 1.51. The molecule has 1 aromatic carbocycles. The number of amides is 2. The first kappa shape index (κ1) is 15.3. The maximum atomic E-state index is 12.0. The minimum atomic E-state index is -0.182. The monoisotopic (exact) mass is 333 g/mol. The first-order valence-corrected chi connectivity index (χ1v) is 7.85. The number of hydrogen-bond donors (Lipinski definition) is 2. The van der Waals surface area contributed by atoms with Gasteiger partial charge in [-0.2, -0.15) is 0 Å². The second-order valence-electron chi connectivity index (χ2n) is 4.97. The van der Waals surface area contributed by atoms with Crippen LogP contribution in [0.2, 0.25) is 0 Å². The minimum Gasteiger partial charge on any atom is -0.454 e. The first-order valence-electron chi connectivity index (χ1n) is 6.97. The van der Waals surface area contributed by atoms with Gasteiger partial charge in [0.05, 0.1) is 12.1 Å². The molecule has 0 saturated carbocycles. The van der Waals surface area contributed by atoms with Crippen LogP contribution in [0.15, 0.2) is 23.6 Å². The number of nitrogens with zero attached hydrogens (tertiary/aromatic N) is 1. The van der Waals surface area contributed by atoms with Gasteiger partial charge in [0.1, 0.15) is 0 Å². The Morgan fingerprint density at radius 3 is 2.96 bits per heavy atom. The third kappa shape index (κ3) is 3.98. The van der Waals surface area contributed by atoms with Crippen molar-refractivity contribution in [2.45, 2.75) is 19.9 Å². The van der Waals surface area contributed by atoms with E-state index in [1.165, 1.54) is 18.3 Å². The summed E-state index contributed by atoms with van der Waals surface area (Å²) >= 11 is 1.29. The summed E-state index contributed by atoms with van der Waals surface area (Å²) in [7, 11) is 0. The fraction of sp³-hybridized carbons (Fsp3) is 0.267. The number of anilines is 1. The van der Waals surface area contributed by atoms with E-state index in [-0.39, 0.29) is 25.0 Å². The molecule has 0 saturated heterocycles. The summed E-state index contributed by atoms with van der Waals surface area (Å²) in [4.78, 5) is 27.1. The van der Waals surface area contributed by atoms with Crippen molar-refractivity contribution in [3.8, 4) is 11.5 Å². The Bertz CT molecular complexity index is 744. The number of carbonyl (C=O) groups excluding carboxylic acids is 2. The van der Waals surface area contributed by atoms with Crippen LogP contribution in [0.1, 0.15) is 18.2 Å². The highest BCUT2D eigenvalue weighted by Crippen LogP contribution is 2.32. The van der Waals surface area contributed by atoms with Gasteiger partial charge in [-0.15, -0.1) is 11.3 Å². The van der Waals surface area contributed by atoms with Crippen molar-refractivity contribution in [2.24, 2.45) is 0 Å². The van der Waals surface area contributed by atoms with Crippen molar-refractivity contribution in [3.63, 3.8) is 0 Å². The molecule has 0 radical (unpaired) electrons. The number of ether oxygens (including phenoxy) is 2.